The summed E-state index contributed by atoms with van der Waals surface area (Å²) in [4.78, 5) is 3.99. The average Bonchev–Trinajstić information content (AvgIpc) is 2.38. The van der Waals surface area contributed by atoms with Crippen LogP contribution in [0.5, 0.6) is 0 Å². The highest BCUT2D eigenvalue weighted by Crippen LogP contribution is 2.38. The molecule has 0 radical (unpaired) electrons. The van der Waals surface area contributed by atoms with E-state index in [9.17, 15) is 13.2 Å². The lowest BCUT2D eigenvalue weighted by atomic mass is 9.96. The Morgan fingerprint density at radius 3 is 2.47 bits per heavy atom. The van der Waals surface area contributed by atoms with Gasteiger partial charge in [0, 0.05) is 17.5 Å². The van der Waals surface area contributed by atoms with Crippen LogP contribution in [0.3, 0.4) is 0 Å². The molecule has 0 bridgehead atoms. The summed E-state index contributed by atoms with van der Waals surface area (Å²) in [6.07, 6.45) is -2.99. The number of alkyl halides is 3. The molecule has 5 heteroatoms. The molecule has 0 saturated heterocycles. The minimum atomic E-state index is -4.51. The average molecular weight is 262 g/mol. The van der Waals surface area contributed by atoms with E-state index in [1.54, 1.807) is 25.1 Å². The normalized spacial score (nSPS) is 11.1. The standard InChI is InChI=1S/C14H9F3N2/c1-9-11(3-2-6-19-9)12-5-4-10(8-18)7-13(12)14(15,16)17/h2-7H,1H3. The summed E-state index contributed by atoms with van der Waals surface area (Å²) >= 11 is 0. The molecule has 2 aromatic rings. The van der Waals surface area contributed by atoms with Crippen molar-refractivity contribution in [2.75, 3.05) is 0 Å². The van der Waals surface area contributed by atoms with Crippen LogP contribution in [0.25, 0.3) is 11.1 Å². The maximum atomic E-state index is 13.1. The van der Waals surface area contributed by atoms with E-state index >= 15 is 0 Å². The predicted octanol–water partition coefficient (Wildman–Crippen LogP) is 3.95. The molecule has 0 N–H and O–H groups in total. The molecule has 0 saturated carbocycles. The number of pyridine rings is 1. The summed E-state index contributed by atoms with van der Waals surface area (Å²) in [6, 6.07) is 8.43. The summed E-state index contributed by atoms with van der Waals surface area (Å²) in [5.74, 6) is 0. The molecule has 2 nitrogen and oxygen atoms in total. The third kappa shape index (κ3) is 2.58. The number of benzene rings is 1. The monoisotopic (exact) mass is 262 g/mol. The minimum absolute atomic E-state index is 0.0161. The number of hydrogen-bond donors (Lipinski definition) is 0. The van der Waals surface area contributed by atoms with E-state index in [0.717, 1.165) is 6.07 Å². The smallest absolute Gasteiger partial charge is 0.261 e. The van der Waals surface area contributed by atoms with Gasteiger partial charge in [0.25, 0.3) is 0 Å². The summed E-state index contributed by atoms with van der Waals surface area (Å²) in [5, 5.41) is 8.71. The van der Waals surface area contributed by atoms with Crippen LogP contribution in [0.1, 0.15) is 16.8 Å². The van der Waals surface area contributed by atoms with Gasteiger partial charge in [-0.2, -0.15) is 18.4 Å². The van der Waals surface area contributed by atoms with E-state index in [-0.39, 0.29) is 11.1 Å². The Kier molecular flexibility index (Phi) is 3.26. The zero-order chi connectivity index (χ0) is 14.0. The maximum absolute atomic E-state index is 13.1. The van der Waals surface area contributed by atoms with Gasteiger partial charge in [-0.05, 0) is 30.7 Å². The predicted molar refractivity (Wildman–Crippen MR) is 64.1 cm³/mol. The molecule has 19 heavy (non-hydrogen) atoms. The Balaban J connectivity index is 2.71. The summed E-state index contributed by atoms with van der Waals surface area (Å²) in [6.45, 7) is 1.65. The lowest BCUT2D eigenvalue weighted by molar-refractivity contribution is -0.137. The Morgan fingerprint density at radius 1 is 1.16 bits per heavy atom. The van der Waals surface area contributed by atoms with Crippen molar-refractivity contribution < 1.29 is 13.2 Å². The van der Waals surface area contributed by atoms with E-state index in [2.05, 4.69) is 4.98 Å². The summed E-state index contributed by atoms with van der Waals surface area (Å²) in [7, 11) is 0. The molecule has 96 valence electrons. The van der Waals surface area contributed by atoms with E-state index in [0.29, 0.717) is 11.3 Å². The van der Waals surface area contributed by atoms with Crippen LogP contribution in [-0.4, -0.2) is 4.98 Å². The van der Waals surface area contributed by atoms with Crippen LogP contribution in [0.4, 0.5) is 13.2 Å². The van der Waals surface area contributed by atoms with Crippen LogP contribution < -0.4 is 0 Å². The van der Waals surface area contributed by atoms with Gasteiger partial charge in [-0.3, -0.25) is 4.98 Å². The fourth-order valence-corrected chi connectivity index (χ4v) is 1.85. The molecule has 1 aromatic heterocycles. The van der Waals surface area contributed by atoms with Crippen molar-refractivity contribution in [3.05, 3.63) is 53.3 Å². The molecule has 0 spiro atoms. The van der Waals surface area contributed by atoms with Crippen LogP contribution in [-0.2, 0) is 6.18 Å². The molecule has 1 aromatic carbocycles. The first-order chi connectivity index (χ1) is 8.93. The van der Waals surface area contributed by atoms with Crippen molar-refractivity contribution in [2.24, 2.45) is 0 Å². The topological polar surface area (TPSA) is 36.7 Å². The van der Waals surface area contributed by atoms with Gasteiger partial charge in [-0.15, -0.1) is 0 Å². The molecule has 0 atom stereocenters. The molecule has 0 unspecified atom stereocenters. The highest BCUT2D eigenvalue weighted by molar-refractivity contribution is 5.70. The zero-order valence-corrected chi connectivity index (χ0v) is 9.99. The van der Waals surface area contributed by atoms with Gasteiger partial charge in [0.15, 0.2) is 0 Å². The molecular weight excluding hydrogens is 253 g/mol. The van der Waals surface area contributed by atoms with Crippen molar-refractivity contribution in [2.45, 2.75) is 13.1 Å². The Morgan fingerprint density at radius 2 is 1.89 bits per heavy atom. The number of nitriles is 1. The van der Waals surface area contributed by atoms with Gasteiger partial charge in [-0.25, -0.2) is 0 Å². The SMILES string of the molecule is Cc1ncccc1-c1ccc(C#N)cc1C(F)(F)F. The lowest BCUT2D eigenvalue weighted by Gasteiger charge is -2.14. The number of hydrogen-bond acceptors (Lipinski definition) is 2. The molecular formula is C14H9F3N2. The first-order valence-electron chi connectivity index (χ1n) is 5.47. The van der Waals surface area contributed by atoms with Gasteiger partial charge in [0.1, 0.15) is 0 Å². The van der Waals surface area contributed by atoms with Gasteiger partial charge < -0.3 is 0 Å². The van der Waals surface area contributed by atoms with Gasteiger partial charge >= 0.3 is 6.18 Å². The molecule has 0 amide bonds. The van der Waals surface area contributed by atoms with E-state index in [1.807, 2.05) is 0 Å². The van der Waals surface area contributed by atoms with Crippen LogP contribution in [0.2, 0.25) is 0 Å². The minimum Gasteiger partial charge on any atom is -0.261 e. The number of rotatable bonds is 1. The Bertz CT molecular complexity index is 654. The fraction of sp³-hybridized carbons (Fsp3) is 0.143. The van der Waals surface area contributed by atoms with Crippen LogP contribution in [0.15, 0.2) is 36.5 Å². The van der Waals surface area contributed by atoms with E-state index < -0.39 is 11.7 Å². The van der Waals surface area contributed by atoms with E-state index in [4.69, 9.17) is 5.26 Å². The van der Waals surface area contributed by atoms with E-state index in [1.165, 1.54) is 18.3 Å². The maximum Gasteiger partial charge on any atom is 0.417 e. The highest BCUT2D eigenvalue weighted by Gasteiger charge is 2.34. The lowest BCUT2D eigenvalue weighted by Crippen LogP contribution is -2.08. The number of nitrogens with zero attached hydrogens (tertiary/aromatic N) is 2. The third-order valence-electron chi connectivity index (χ3n) is 2.75. The molecule has 0 aliphatic rings. The van der Waals surface area contributed by atoms with Crippen LogP contribution in [0, 0.1) is 18.3 Å². The number of aryl methyl sites for hydroxylation is 1. The number of aromatic nitrogens is 1. The molecule has 0 aliphatic carbocycles. The second-order valence-electron chi connectivity index (χ2n) is 4.01. The Labute approximate surface area is 108 Å². The second-order valence-corrected chi connectivity index (χ2v) is 4.01. The number of halogens is 3. The van der Waals surface area contributed by atoms with Crippen molar-refractivity contribution in [1.29, 1.82) is 5.26 Å². The zero-order valence-electron chi connectivity index (χ0n) is 9.99. The quantitative estimate of drug-likeness (QED) is 0.780. The van der Waals surface area contributed by atoms with Crippen molar-refractivity contribution in [3.8, 4) is 17.2 Å². The highest BCUT2D eigenvalue weighted by atomic mass is 19.4. The van der Waals surface area contributed by atoms with Crippen molar-refractivity contribution >= 4 is 0 Å². The molecule has 2 rings (SSSR count). The molecule has 0 aliphatic heterocycles. The molecule has 0 fully saturated rings. The third-order valence-corrected chi connectivity index (χ3v) is 2.75. The summed E-state index contributed by atoms with van der Waals surface area (Å²) in [5.41, 5.74) is 0.134. The van der Waals surface area contributed by atoms with Gasteiger partial charge in [0.2, 0.25) is 0 Å². The largest absolute Gasteiger partial charge is 0.417 e. The van der Waals surface area contributed by atoms with Crippen LogP contribution >= 0.6 is 0 Å². The fourth-order valence-electron chi connectivity index (χ4n) is 1.85. The second kappa shape index (κ2) is 4.73. The van der Waals surface area contributed by atoms with Gasteiger partial charge in [-0.1, -0.05) is 12.1 Å². The van der Waals surface area contributed by atoms with Crippen molar-refractivity contribution in [1.82, 2.24) is 4.98 Å². The first-order valence-corrected chi connectivity index (χ1v) is 5.47. The van der Waals surface area contributed by atoms with Gasteiger partial charge in [0.05, 0.1) is 17.2 Å². The van der Waals surface area contributed by atoms with Crippen molar-refractivity contribution in [3.63, 3.8) is 0 Å². The first kappa shape index (κ1) is 13.1. The molecule has 1 heterocycles. The summed E-state index contributed by atoms with van der Waals surface area (Å²) < 4.78 is 39.2. The Hall–Kier alpha value is -2.35.